The first-order valence-corrected chi connectivity index (χ1v) is 6.86. The lowest BCUT2D eigenvalue weighted by molar-refractivity contribution is -0.771. The normalized spacial score (nSPS) is 27.3. The molecule has 0 bridgehead atoms. The Morgan fingerprint density at radius 2 is 2.20 bits per heavy atom. The zero-order valence-corrected chi connectivity index (χ0v) is 12.4. The molecule has 0 saturated carbocycles. The highest BCUT2D eigenvalue weighted by atomic mass is 17.0. The van der Waals surface area contributed by atoms with Crippen molar-refractivity contribution in [2.24, 2.45) is 5.73 Å². The zero-order valence-electron chi connectivity index (χ0n) is 12.4. The fraction of sp³-hybridized carbons (Fsp3) is 0.455. The summed E-state index contributed by atoms with van der Waals surface area (Å²) in [5, 5.41) is 29.7. The van der Waals surface area contributed by atoms with E-state index >= 15 is 0 Å². The number of hydrogen-bond acceptors (Lipinski definition) is 11. The number of nitrogen functional groups attached to an aromatic ring is 1. The number of aliphatic hydroxyl groups is 2. The standard InChI is InChI=1S/C11H13N7O7/c12-8-3-10(15-1-14-8)17(2-16-3)11-5(20)7(25-18(22)23)6(24-11)4(19)9(13)21/h1-2,4-7,11,19-20H,(H2,13,21)(H2,12,14,15)/t4?,5?,6-,7?,11-/m1/s1. The van der Waals surface area contributed by atoms with Gasteiger partial charge in [0.05, 0.1) is 6.33 Å². The third-order valence-corrected chi connectivity index (χ3v) is 3.72. The molecule has 3 heterocycles. The van der Waals surface area contributed by atoms with Crippen molar-refractivity contribution in [3.05, 3.63) is 22.8 Å². The number of rotatable bonds is 5. The van der Waals surface area contributed by atoms with E-state index in [9.17, 15) is 25.1 Å². The monoisotopic (exact) mass is 355 g/mol. The van der Waals surface area contributed by atoms with Gasteiger partial charge in [0.25, 0.3) is 5.09 Å². The number of nitrogens with two attached hydrogens (primary N) is 2. The average Bonchev–Trinajstić information content (AvgIpc) is 3.10. The number of ether oxygens (including phenoxy) is 1. The molecule has 0 radical (unpaired) electrons. The molecule has 1 fully saturated rings. The number of anilines is 1. The van der Waals surface area contributed by atoms with Crippen LogP contribution in [0, 0.1) is 10.1 Å². The van der Waals surface area contributed by atoms with Crippen LogP contribution in [0.4, 0.5) is 5.82 Å². The Bertz CT molecular complexity index is 826. The van der Waals surface area contributed by atoms with E-state index in [-0.39, 0.29) is 17.0 Å². The number of carbonyl (C=O) groups is 1. The fourth-order valence-electron chi connectivity index (χ4n) is 2.60. The predicted octanol–water partition coefficient (Wildman–Crippen LogP) is -2.91. The van der Waals surface area contributed by atoms with E-state index in [2.05, 4.69) is 19.8 Å². The highest BCUT2D eigenvalue weighted by Crippen LogP contribution is 2.35. The number of hydrogen-bond donors (Lipinski definition) is 4. The van der Waals surface area contributed by atoms with E-state index in [4.69, 9.17) is 16.2 Å². The molecule has 1 aliphatic rings. The molecule has 134 valence electrons. The summed E-state index contributed by atoms with van der Waals surface area (Å²) in [6.07, 6.45) is -5.77. The minimum absolute atomic E-state index is 0.0723. The largest absolute Gasteiger partial charge is 0.386 e. The maximum Gasteiger partial charge on any atom is 0.294 e. The molecule has 1 amide bonds. The number of carbonyl (C=O) groups excluding carboxylic acids is 1. The molecule has 14 nitrogen and oxygen atoms in total. The Morgan fingerprint density at radius 1 is 1.48 bits per heavy atom. The van der Waals surface area contributed by atoms with Gasteiger partial charge >= 0.3 is 0 Å². The van der Waals surface area contributed by atoms with Gasteiger partial charge in [-0.3, -0.25) is 9.36 Å². The van der Waals surface area contributed by atoms with Crippen LogP contribution >= 0.6 is 0 Å². The van der Waals surface area contributed by atoms with Crippen molar-refractivity contribution in [3.63, 3.8) is 0 Å². The van der Waals surface area contributed by atoms with Gasteiger partial charge in [0, 0.05) is 0 Å². The molecule has 2 aromatic heterocycles. The van der Waals surface area contributed by atoms with Gasteiger partial charge in [-0.05, 0) is 0 Å². The lowest BCUT2D eigenvalue weighted by atomic mass is 10.1. The van der Waals surface area contributed by atoms with Gasteiger partial charge in [0.1, 0.15) is 24.1 Å². The SMILES string of the molecule is NC(=O)C(O)[C@H]1O[C@@H](n2cnc3c(N)ncnc32)C(O)C1O[N+](=O)[O-]. The molecule has 2 aromatic rings. The Labute approximate surface area is 138 Å². The summed E-state index contributed by atoms with van der Waals surface area (Å²) in [7, 11) is 0. The van der Waals surface area contributed by atoms with Gasteiger partial charge in [-0.1, -0.05) is 0 Å². The van der Waals surface area contributed by atoms with Gasteiger partial charge in [-0.15, -0.1) is 10.1 Å². The number of nitrogens with zero attached hydrogens (tertiary/aromatic N) is 5. The molecular weight excluding hydrogens is 342 g/mol. The molecule has 0 spiro atoms. The summed E-state index contributed by atoms with van der Waals surface area (Å²) < 4.78 is 6.62. The number of fused-ring (bicyclic) bond motifs is 1. The Morgan fingerprint density at radius 3 is 2.84 bits per heavy atom. The number of imidazole rings is 1. The Kier molecular flexibility index (Phi) is 4.07. The molecule has 3 rings (SSSR count). The Hall–Kier alpha value is -3.10. The van der Waals surface area contributed by atoms with E-state index in [1.807, 2.05) is 0 Å². The fourth-order valence-corrected chi connectivity index (χ4v) is 2.60. The summed E-state index contributed by atoms with van der Waals surface area (Å²) in [5.41, 5.74) is 11.0. The molecule has 3 unspecified atom stereocenters. The van der Waals surface area contributed by atoms with Crippen LogP contribution in [0.2, 0.25) is 0 Å². The van der Waals surface area contributed by atoms with Gasteiger partial charge in [-0.2, -0.15) is 0 Å². The molecule has 1 saturated heterocycles. The van der Waals surface area contributed by atoms with Crippen molar-refractivity contribution in [2.75, 3.05) is 5.73 Å². The van der Waals surface area contributed by atoms with Crippen LogP contribution in [0.25, 0.3) is 11.2 Å². The van der Waals surface area contributed by atoms with Crippen molar-refractivity contribution in [2.45, 2.75) is 30.6 Å². The summed E-state index contributed by atoms with van der Waals surface area (Å²) in [4.78, 5) is 37.9. The quantitative estimate of drug-likeness (QED) is 0.315. The van der Waals surface area contributed by atoms with Crippen LogP contribution in [0.15, 0.2) is 12.7 Å². The molecular formula is C11H13N7O7. The van der Waals surface area contributed by atoms with Crippen LogP contribution < -0.4 is 11.5 Å². The lowest BCUT2D eigenvalue weighted by Gasteiger charge is -2.20. The van der Waals surface area contributed by atoms with Crippen molar-refractivity contribution >= 4 is 22.9 Å². The number of aliphatic hydroxyl groups excluding tert-OH is 2. The number of aromatic nitrogens is 4. The third-order valence-electron chi connectivity index (χ3n) is 3.72. The molecule has 0 aromatic carbocycles. The summed E-state index contributed by atoms with van der Waals surface area (Å²) in [6, 6.07) is 0. The first kappa shape index (κ1) is 16.7. The summed E-state index contributed by atoms with van der Waals surface area (Å²) in [5.74, 6) is -1.13. The topological polar surface area (TPSA) is 215 Å². The van der Waals surface area contributed by atoms with Gasteiger partial charge in [0.15, 0.2) is 29.9 Å². The maximum atomic E-state index is 11.2. The highest BCUT2D eigenvalue weighted by Gasteiger charge is 2.51. The molecule has 25 heavy (non-hydrogen) atoms. The minimum atomic E-state index is -1.95. The van der Waals surface area contributed by atoms with Gasteiger partial charge in [0.2, 0.25) is 5.91 Å². The van der Waals surface area contributed by atoms with E-state index < -0.39 is 41.6 Å². The molecule has 1 aliphatic heterocycles. The lowest BCUT2D eigenvalue weighted by Crippen LogP contribution is -2.47. The molecule has 6 N–H and O–H groups in total. The minimum Gasteiger partial charge on any atom is -0.386 e. The van der Waals surface area contributed by atoms with Crippen LogP contribution in [0.1, 0.15) is 6.23 Å². The molecule has 5 atom stereocenters. The average molecular weight is 355 g/mol. The van der Waals surface area contributed by atoms with E-state index in [1.165, 1.54) is 10.9 Å². The summed E-state index contributed by atoms with van der Waals surface area (Å²) in [6.45, 7) is 0. The van der Waals surface area contributed by atoms with Crippen molar-refractivity contribution in [1.29, 1.82) is 0 Å². The van der Waals surface area contributed by atoms with Crippen LogP contribution in [-0.2, 0) is 14.4 Å². The zero-order chi connectivity index (χ0) is 18.3. The van der Waals surface area contributed by atoms with Crippen molar-refractivity contribution in [1.82, 2.24) is 19.5 Å². The van der Waals surface area contributed by atoms with Crippen LogP contribution in [0.3, 0.4) is 0 Å². The first-order valence-electron chi connectivity index (χ1n) is 6.86. The molecule has 14 heteroatoms. The maximum absolute atomic E-state index is 11.2. The summed E-state index contributed by atoms with van der Waals surface area (Å²) >= 11 is 0. The third kappa shape index (κ3) is 2.77. The van der Waals surface area contributed by atoms with E-state index in [0.717, 1.165) is 6.33 Å². The van der Waals surface area contributed by atoms with Crippen molar-refractivity contribution < 1.29 is 29.7 Å². The number of primary amides is 1. The Balaban J connectivity index is 2.00. The first-order chi connectivity index (χ1) is 11.8. The molecule has 0 aliphatic carbocycles. The predicted molar refractivity (Wildman–Crippen MR) is 76.7 cm³/mol. The number of amides is 1. The van der Waals surface area contributed by atoms with E-state index in [1.54, 1.807) is 0 Å². The van der Waals surface area contributed by atoms with E-state index in [0.29, 0.717) is 0 Å². The highest BCUT2D eigenvalue weighted by molar-refractivity contribution is 5.81. The van der Waals surface area contributed by atoms with Crippen LogP contribution in [-0.4, -0.2) is 65.1 Å². The smallest absolute Gasteiger partial charge is 0.294 e. The van der Waals surface area contributed by atoms with Gasteiger partial charge in [-0.25, -0.2) is 15.0 Å². The van der Waals surface area contributed by atoms with Gasteiger partial charge < -0.3 is 31.3 Å². The second-order valence-corrected chi connectivity index (χ2v) is 5.21. The second-order valence-electron chi connectivity index (χ2n) is 5.21. The van der Waals surface area contributed by atoms with Crippen LogP contribution in [0.5, 0.6) is 0 Å². The van der Waals surface area contributed by atoms with Crippen molar-refractivity contribution in [3.8, 4) is 0 Å². The second kappa shape index (κ2) is 6.08.